The van der Waals surface area contributed by atoms with Crippen molar-refractivity contribution in [1.82, 2.24) is 4.90 Å². The third-order valence-electron chi connectivity index (χ3n) is 5.30. The van der Waals surface area contributed by atoms with Gasteiger partial charge in [0, 0.05) is 18.7 Å². The van der Waals surface area contributed by atoms with Gasteiger partial charge in [-0.1, -0.05) is 6.07 Å². The molecule has 1 heterocycles. The Hall–Kier alpha value is -3.38. The standard InChI is InChI=1S/C26H22IN3O5S/c1-3-29-25(31)24(36-26(29)28-19-7-11-21(34-2)12-8-19)15-18-6-13-23(22(27)14-18)35-16-17-4-9-20(10-5-17)30(32)33/h4-15H,3,16H2,1-2H3/b24-15+,28-26?. The largest absolute Gasteiger partial charge is 0.497 e. The van der Waals surface area contributed by atoms with E-state index in [1.165, 1.54) is 23.9 Å². The first-order valence-electron chi connectivity index (χ1n) is 11.0. The van der Waals surface area contributed by atoms with Crippen molar-refractivity contribution in [2.45, 2.75) is 13.5 Å². The molecule has 1 fully saturated rings. The molecule has 4 rings (SSSR count). The number of halogens is 1. The monoisotopic (exact) mass is 615 g/mol. The maximum Gasteiger partial charge on any atom is 0.269 e. The second-order valence-corrected chi connectivity index (χ2v) is 9.83. The van der Waals surface area contributed by atoms with Crippen LogP contribution in [0.4, 0.5) is 11.4 Å². The molecule has 0 aliphatic carbocycles. The molecule has 1 saturated heterocycles. The van der Waals surface area contributed by atoms with Crippen molar-refractivity contribution in [3.8, 4) is 11.5 Å². The Balaban J connectivity index is 1.47. The fourth-order valence-corrected chi connectivity index (χ4v) is 5.15. The number of aliphatic imine (C=N–C) groups is 1. The lowest BCUT2D eigenvalue weighted by molar-refractivity contribution is -0.384. The number of likely N-dealkylation sites (N-methyl/N-ethyl adjacent to an activating group) is 1. The number of rotatable bonds is 8. The molecule has 0 spiro atoms. The summed E-state index contributed by atoms with van der Waals surface area (Å²) in [6, 6.07) is 19.3. The van der Waals surface area contributed by atoms with E-state index < -0.39 is 4.92 Å². The van der Waals surface area contributed by atoms with Crippen LogP contribution < -0.4 is 9.47 Å². The molecule has 3 aromatic rings. The minimum atomic E-state index is -0.429. The molecule has 0 radical (unpaired) electrons. The smallest absolute Gasteiger partial charge is 0.269 e. The van der Waals surface area contributed by atoms with Crippen molar-refractivity contribution in [3.63, 3.8) is 0 Å². The summed E-state index contributed by atoms with van der Waals surface area (Å²) < 4.78 is 12.0. The van der Waals surface area contributed by atoms with E-state index in [0.29, 0.717) is 29.0 Å². The minimum Gasteiger partial charge on any atom is -0.497 e. The lowest BCUT2D eigenvalue weighted by atomic mass is 10.2. The van der Waals surface area contributed by atoms with Gasteiger partial charge in [-0.2, -0.15) is 0 Å². The molecule has 1 amide bonds. The van der Waals surface area contributed by atoms with Crippen LogP contribution in [0, 0.1) is 13.7 Å². The van der Waals surface area contributed by atoms with Gasteiger partial charge in [-0.05, 0) is 107 Å². The quantitative estimate of drug-likeness (QED) is 0.126. The topological polar surface area (TPSA) is 94.3 Å². The Morgan fingerprint density at radius 3 is 2.44 bits per heavy atom. The van der Waals surface area contributed by atoms with E-state index in [0.717, 1.165) is 26.1 Å². The van der Waals surface area contributed by atoms with E-state index in [1.807, 2.05) is 55.5 Å². The van der Waals surface area contributed by atoms with Crippen molar-refractivity contribution in [2.24, 2.45) is 4.99 Å². The Labute approximate surface area is 226 Å². The number of carbonyl (C=O) groups excluding carboxylic acids is 1. The molecule has 0 N–H and O–H groups in total. The average molecular weight is 615 g/mol. The van der Waals surface area contributed by atoms with Gasteiger partial charge in [-0.15, -0.1) is 0 Å². The highest BCUT2D eigenvalue weighted by Crippen LogP contribution is 2.35. The van der Waals surface area contributed by atoms with Gasteiger partial charge in [0.25, 0.3) is 11.6 Å². The molecule has 0 atom stereocenters. The van der Waals surface area contributed by atoms with Gasteiger partial charge >= 0.3 is 0 Å². The molecule has 184 valence electrons. The van der Waals surface area contributed by atoms with Gasteiger partial charge in [0.2, 0.25) is 0 Å². The maximum absolute atomic E-state index is 13.0. The zero-order valence-electron chi connectivity index (χ0n) is 19.5. The van der Waals surface area contributed by atoms with Crippen LogP contribution in [0.25, 0.3) is 6.08 Å². The average Bonchev–Trinajstić information content (AvgIpc) is 3.17. The van der Waals surface area contributed by atoms with Crippen molar-refractivity contribution in [3.05, 3.63) is 96.4 Å². The molecule has 36 heavy (non-hydrogen) atoms. The predicted octanol–water partition coefficient (Wildman–Crippen LogP) is 6.41. The number of hydrogen-bond acceptors (Lipinski definition) is 7. The number of amides is 1. The SMILES string of the molecule is CCN1C(=O)/C(=C\c2ccc(OCc3ccc([N+](=O)[O-])cc3)c(I)c2)SC1=Nc1ccc(OC)cc1. The molecule has 8 nitrogen and oxygen atoms in total. The summed E-state index contributed by atoms with van der Waals surface area (Å²) in [7, 11) is 1.61. The first-order valence-corrected chi connectivity index (χ1v) is 12.9. The van der Waals surface area contributed by atoms with Gasteiger partial charge in [-0.25, -0.2) is 4.99 Å². The van der Waals surface area contributed by atoms with Crippen molar-refractivity contribution in [1.29, 1.82) is 0 Å². The summed E-state index contributed by atoms with van der Waals surface area (Å²) in [4.78, 5) is 30.3. The van der Waals surface area contributed by atoms with Gasteiger partial charge in [0.05, 0.1) is 26.2 Å². The number of nitro groups is 1. The number of ether oxygens (including phenoxy) is 2. The van der Waals surface area contributed by atoms with Crippen LogP contribution in [0.5, 0.6) is 11.5 Å². The summed E-state index contributed by atoms with van der Waals surface area (Å²) in [6.45, 7) is 2.73. The number of nitro benzene ring substituents is 1. The van der Waals surface area contributed by atoms with Crippen LogP contribution >= 0.6 is 34.4 Å². The number of carbonyl (C=O) groups is 1. The highest BCUT2D eigenvalue weighted by atomic mass is 127. The highest BCUT2D eigenvalue weighted by Gasteiger charge is 2.32. The predicted molar refractivity (Wildman–Crippen MR) is 150 cm³/mol. The van der Waals surface area contributed by atoms with E-state index in [-0.39, 0.29) is 11.6 Å². The fraction of sp³-hybridized carbons (Fsp3) is 0.154. The Bertz CT molecular complexity index is 1340. The van der Waals surface area contributed by atoms with E-state index in [1.54, 1.807) is 24.1 Å². The molecule has 1 aliphatic heterocycles. The molecule has 0 aromatic heterocycles. The third kappa shape index (κ3) is 6.05. The van der Waals surface area contributed by atoms with Crippen LogP contribution in [0.3, 0.4) is 0 Å². The summed E-state index contributed by atoms with van der Waals surface area (Å²) in [6.07, 6.45) is 1.86. The molecule has 0 unspecified atom stereocenters. The first-order chi connectivity index (χ1) is 17.4. The molecular formula is C26H22IN3O5S. The Kier molecular flexibility index (Phi) is 8.26. The molecule has 10 heteroatoms. The molecular weight excluding hydrogens is 593 g/mol. The second-order valence-electron chi connectivity index (χ2n) is 7.65. The van der Waals surface area contributed by atoms with Crippen LogP contribution in [0.1, 0.15) is 18.1 Å². The third-order valence-corrected chi connectivity index (χ3v) is 7.15. The number of nitrogens with zero attached hydrogens (tertiary/aromatic N) is 3. The van der Waals surface area contributed by atoms with E-state index in [2.05, 4.69) is 27.6 Å². The van der Waals surface area contributed by atoms with Gasteiger partial charge in [0.1, 0.15) is 18.1 Å². The number of non-ortho nitro benzene ring substituents is 1. The highest BCUT2D eigenvalue weighted by molar-refractivity contribution is 14.1. The Morgan fingerprint density at radius 2 is 1.83 bits per heavy atom. The molecule has 3 aromatic carbocycles. The minimum absolute atomic E-state index is 0.0453. The number of thioether (sulfide) groups is 1. The molecule has 0 saturated carbocycles. The van der Waals surface area contributed by atoms with Crippen molar-refractivity contribution < 1.29 is 19.2 Å². The molecule has 0 bridgehead atoms. The Morgan fingerprint density at radius 1 is 1.11 bits per heavy atom. The lowest BCUT2D eigenvalue weighted by Crippen LogP contribution is -2.28. The molecule has 1 aliphatic rings. The number of amidine groups is 1. The second kappa shape index (κ2) is 11.6. The summed E-state index contributed by atoms with van der Waals surface area (Å²) in [5.41, 5.74) is 2.50. The maximum atomic E-state index is 13.0. The lowest BCUT2D eigenvalue weighted by Gasteiger charge is -2.12. The van der Waals surface area contributed by atoms with Gasteiger partial charge in [0.15, 0.2) is 5.17 Å². The summed E-state index contributed by atoms with van der Waals surface area (Å²) >= 11 is 3.54. The zero-order chi connectivity index (χ0) is 25.7. The van der Waals surface area contributed by atoms with Crippen LogP contribution in [-0.4, -0.2) is 34.6 Å². The van der Waals surface area contributed by atoms with Gasteiger partial charge in [-0.3, -0.25) is 19.8 Å². The van der Waals surface area contributed by atoms with E-state index in [9.17, 15) is 14.9 Å². The van der Waals surface area contributed by atoms with Crippen LogP contribution in [-0.2, 0) is 11.4 Å². The zero-order valence-corrected chi connectivity index (χ0v) is 22.5. The number of methoxy groups -OCH3 is 1. The summed E-state index contributed by atoms with van der Waals surface area (Å²) in [5, 5.41) is 11.4. The fourth-order valence-electron chi connectivity index (χ4n) is 3.39. The van der Waals surface area contributed by atoms with Crippen LogP contribution in [0.2, 0.25) is 0 Å². The van der Waals surface area contributed by atoms with Gasteiger partial charge < -0.3 is 9.47 Å². The van der Waals surface area contributed by atoms with Crippen LogP contribution in [0.15, 0.2) is 76.6 Å². The first kappa shape index (κ1) is 25.7. The number of hydrogen-bond donors (Lipinski definition) is 0. The summed E-state index contributed by atoms with van der Waals surface area (Å²) in [5.74, 6) is 1.36. The normalized spacial score (nSPS) is 15.5. The van der Waals surface area contributed by atoms with E-state index >= 15 is 0 Å². The van der Waals surface area contributed by atoms with Crippen molar-refractivity contribution in [2.75, 3.05) is 13.7 Å². The van der Waals surface area contributed by atoms with E-state index in [4.69, 9.17) is 9.47 Å². The number of benzene rings is 3. The van der Waals surface area contributed by atoms with Crippen molar-refractivity contribution >= 4 is 62.9 Å².